The van der Waals surface area contributed by atoms with Crippen molar-refractivity contribution in [1.29, 1.82) is 0 Å². The number of ether oxygens (including phenoxy) is 1. The molecule has 2 aromatic rings. The highest BCUT2D eigenvalue weighted by molar-refractivity contribution is 6.30. The van der Waals surface area contributed by atoms with E-state index < -0.39 is 22.9 Å². The van der Waals surface area contributed by atoms with Gasteiger partial charge in [-0.1, -0.05) is 17.7 Å². The van der Waals surface area contributed by atoms with Crippen molar-refractivity contribution in [3.63, 3.8) is 0 Å². The summed E-state index contributed by atoms with van der Waals surface area (Å²) in [6.07, 6.45) is 0.365. The number of hydrogen-bond donors (Lipinski definition) is 0. The zero-order valence-electron chi connectivity index (χ0n) is 13.3. The summed E-state index contributed by atoms with van der Waals surface area (Å²) < 4.78 is 6.81. The monoisotopic (exact) mass is 336 g/mol. The van der Waals surface area contributed by atoms with Crippen molar-refractivity contribution in [3.05, 3.63) is 61.9 Å². The van der Waals surface area contributed by atoms with Crippen molar-refractivity contribution in [2.45, 2.75) is 33.3 Å². The van der Waals surface area contributed by atoms with E-state index in [0.717, 1.165) is 0 Å². The number of nitrogens with zero attached hydrogens (tertiary/aromatic N) is 2. The molecule has 0 radical (unpaired) electrons. The Morgan fingerprint density at radius 2 is 1.87 bits per heavy atom. The first kappa shape index (κ1) is 17.0. The lowest BCUT2D eigenvalue weighted by atomic mass is 10.2. The van der Waals surface area contributed by atoms with Crippen LogP contribution < -0.4 is 11.2 Å². The van der Waals surface area contributed by atoms with Crippen LogP contribution in [0.4, 0.5) is 4.79 Å². The van der Waals surface area contributed by atoms with Crippen molar-refractivity contribution in [2.24, 2.45) is 0 Å². The first-order valence-electron chi connectivity index (χ1n) is 6.95. The molecule has 0 unspecified atom stereocenters. The molecule has 2 rings (SSSR count). The second-order valence-corrected chi connectivity index (χ2v) is 6.50. The van der Waals surface area contributed by atoms with Crippen LogP contribution in [0.5, 0.6) is 0 Å². The maximum absolute atomic E-state index is 12.6. The molecule has 23 heavy (non-hydrogen) atoms. The van der Waals surface area contributed by atoms with Crippen molar-refractivity contribution in [2.75, 3.05) is 0 Å². The van der Waals surface area contributed by atoms with Gasteiger partial charge in [0.25, 0.3) is 5.56 Å². The number of halogens is 1. The lowest BCUT2D eigenvalue weighted by Crippen LogP contribution is -2.46. The Labute approximate surface area is 137 Å². The van der Waals surface area contributed by atoms with Crippen molar-refractivity contribution in [3.8, 4) is 5.69 Å². The molecule has 0 bridgehead atoms. The number of aromatic nitrogens is 2. The largest absolute Gasteiger partial charge is 0.443 e. The zero-order chi connectivity index (χ0) is 17.4. The average Bonchev–Trinajstić information content (AvgIpc) is 2.41. The highest BCUT2D eigenvalue weighted by atomic mass is 35.5. The van der Waals surface area contributed by atoms with Gasteiger partial charge in [0, 0.05) is 16.8 Å². The van der Waals surface area contributed by atoms with Crippen LogP contribution in [0.3, 0.4) is 0 Å². The van der Waals surface area contributed by atoms with Gasteiger partial charge in [-0.15, -0.1) is 0 Å². The predicted octanol–water partition coefficient (Wildman–Crippen LogP) is 2.74. The van der Waals surface area contributed by atoms with Gasteiger partial charge in [-0.25, -0.2) is 9.59 Å². The number of benzene rings is 1. The summed E-state index contributed by atoms with van der Waals surface area (Å²) in [4.78, 5) is 37.0. The number of aryl methyl sites for hydroxylation is 1. The van der Waals surface area contributed by atoms with Crippen LogP contribution in [0.25, 0.3) is 5.69 Å². The Balaban J connectivity index is 2.68. The molecule has 0 fully saturated rings. The van der Waals surface area contributed by atoms with E-state index in [-0.39, 0.29) is 5.56 Å². The van der Waals surface area contributed by atoms with Gasteiger partial charge in [-0.05, 0) is 45.9 Å². The van der Waals surface area contributed by atoms with E-state index in [2.05, 4.69) is 0 Å². The smallest absolute Gasteiger partial charge is 0.425 e. The summed E-state index contributed by atoms with van der Waals surface area (Å²) in [5.41, 5.74) is -1.66. The van der Waals surface area contributed by atoms with Crippen LogP contribution in [0.15, 0.2) is 40.1 Å². The van der Waals surface area contributed by atoms with Crippen molar-refractivity contribution < 1.29 is 9.53 Å². The normalized spacial score (nSPS) is 11.3. The van der Waals surface area contributed by atoms with Crippen molar-refractivity contribution >= 4 is 17.7 Å². The number of carbonyl (C=O) groups excluding carboxylic acids is 1. The van der Waals surface area contributed by atoms with Gasteiger partial charge in [0.05, 0.1) is 5.69 Å². The van der Waals surface area contributed by atoms with Gasteiger partial charge >= 0.3 is 11.8 Å². The maximum atomic E-state index is 12.6. The third kappa shape index (κ3) is 3.71. The lowest BCUT2D eigenvalue weighted by molar-refractivity contribution is 0.0521. The lowest BCUT2D eigenvalue weighted by Gasteiger charge is -2.20. The Morgan fingerprint density at radius 1 is 1.22 bits per heavy atom. The second kappa shape index (κ2) is 6.04. The summed E-state index contributed by atoms with van der Waals surface area (Å²) in [5, 5.41) is 0.432. The van der Waals surface area contributed by atoms with Gasteiger partial charge < -0.3 is 4.74 Å². The van der Waals surface area contributed by atoms with E-state index in [4.69, 9.17) is 16.3 Å². The molecule has 7 heteroatoms. The summed E-state index contributed by atoms with van der Waals surface area (Å²) in [5.74, 6) is 0. The minimum absolute atomic E-state index is 0.232. The molecule has 0 amide bonds. The Morgan fingerprint density at radius 3 is 2.43 bits per heavy atom. The third-order valence-corrected chi connectivity index (χ3v) is 3.16. The first-order chi connectivity index (χ1) is 10.6. The van der Waals surface area contributed by atoms with Crippen molar-refractivity contribution in [1.82, 2.24) is 9.13 Å². The predicted molar refractivity (Wildman–Crippen MR) is 87.7 cm³/mol. The zero-order valence-corrected chi connectivity index (χ0v) is 14.0. The standard InChI is InChI=1S/C16H17ClN2O4/c1-10-9-18(12-7-5-6-11(17)8-12)14(21)19(13(10)20)15(22)23-16(2,3)4/h5-9H,1-4H3. The Hall–Kier alpha value is -2.34. The van der Waals surface area contributed by atoms with Crippen LogP contribution in [-0.2, 0) is 4.74 Å². The molecule has 0 N–H and O–H groups in total. The van der Waals surface area contributed by atoms with Gasteiger partial charge in [0.2, 0.25) is 0 Å². The van der Waals surface area contributed by atoms with Gasteiger partial charge in [-0.3, -0.25) is 9.36 Å². The van der Waals surface area contributed by atoms with Crippen LogP contribution in [0.2, 0.25) is 5.02 Å². The molecule has 6 nitrogen and oxygen atoms in total. The Bertz CT molecular complexity index is 875. The fourth-order valence-corrected chi connectivity index (χ4v) is 2.14. The van der Waals surface area contributed by atoms with E-state index in [9.17, 15) is 14.4 Å². The summed E-state index contributed by atoms with van der Waals surface area (Å²) in [6, 6.07) is 6.54. The quantitative estimate of drug-likeness (QED) is 0.802. The highest BCUT2D eigenvalue weighted by Gasteiger charge is 2.23. The summed E-state index contributed by atoms with van der Waals surface area (Å²) in [6.45, 7) is 6.48. The van der Waals surface area contributed by atoms with Gasteiger partial charge in [-0.2, -0.15) is 4.57 Å². The molecule has 122 valence electrons. The van der Waals surface area contributed by atoms with E-state index >= 15 is 0 Å². The second-order valence-electron chi connectivity index (χ2n) is 6.07. The summed E-state index contributed by atoms with van der Waals surface area (Å²) in [7, 11) is 0. The molecular weight excluding hydrogens is 320 g/mol. The summed E-state index contributed by atoms with van der Waals surface area (Å²) >= 11 is 5.93. The van der Waals surface area contributed by atoms with Gasteiger partial charge in [0.15, 0.2) is 0 Å². The number of hydrogen-bond acceptors (Lipinski definition) is 4. The molecule has 0 aliphatic heterocycles. The molecular formula is C16H17ClN2O4. The molecule has 0 saturated heterocycles. The first-order valence-corrected chi connectivity index (χ1v) is 7.32. The highest BCUT2D eigenvalue weighted by Crippen LogP contribution is 2.13. The fourth-order valence-electron chi connectivity index (χ4n) is 1.95. The SMILES string of the molecule is Cc1cn(-c2cccc(Cl)c2)c(=O)n(C(=O)OC(C)(C)C)c1=O. The molecule has 0 atom stereocenters. The maximum Gasteiger partial charge on any atom is 0.425 e. The van der Waals surface area contributed by atoms with Crippen LogP contribution >= 0.6 is 11.6 Å². The minimum Gasteiger partial charge on any atom is -0.443 e. The van der Waals surface area contributed by atoms with E-state index in [1.807, 2.05) is 0 Å². The van der Waals surface area contributed by atoms with E-state index in [1.54, 1.807) is 45.0 Å². The molecule has 0 aliphatic rings. The third-order valence-electron chi connectivity index (χ3n) is 2.92. The molecule has 0 aliphatic carbocycles. The van der Waals surface area contributed by atoms with Crippen LogP contribution in [0, 0.1) is 6.92 Å². The topological polar surface area (TPSA) is 70.3 Å². The molecule has 1 aromatic heterocycles. The number of rotatable bonds is 1. The minimum atomic E-state index is -1.01. The Kier molecular flexibility index (Phi) is 4.47. The number of carbonyl (C=O) groups is 1. The van der Waals surface area contributed by atoms with Crippen LogP contribution in [0.1, 0.15) is 26.3 Å². The average molecular weight is 337 g/mol. The molecule has 1 heterocycles. The molecule has 1 aromatic carbocycles. The van der Waals surface area contributed by atoms with Gasteiger partial charge in [0.1, 0.15) is 5.60 Å². The molecule has 0 spiro atoms. The van der Waals surface area contributed by atoms with E-state index in [0.29, 0.717) is 15.3 Å². The fraction of sp³-hybridized carbons (Fsp3) is 0.312. The van der Waals surface area contributed by atoms with E-state index in [1.165, 1.54) is 17.7 Å². The van der Waals surface area contributed by atoms with Crippen LogP contribution in [-0.4, -0.2) is 20.8 Å². The molecule has 0 saturated carbocycles.